The molecule has 2 fully saturated rings. The number of rotatable bonds is 2. The van der Waals surface area contributed by atoms with Crippen LogP contribution in [-0.2, 0) is 4.79 Å². The predicted octanol–water partition coefficient (Wildman–Crippen LogP) is 3.13. The predicted molar refractivity (Wildman–Crippen MR) is 94.4 cm³/mol. The number of nitrogens with zero attached hydrogens (tertiary/aromatic N) is 2. The van der Waals surface area contributed by atoms with Crippen LogP contribution in [0.4, 0.5) is 4.79 Å². The second-order valence-corrected chi connectivity index (χ2v) is 6.65. The highest BCUT2D eigenvalue weighted by molar-refractivity contribution is 6.08. The van der Waals surface area contributed by atoms with Gasteiger partial charge in [0.25, 0.3) is 5.91 Å². The number of fused-ring (bicyclic) bond motifs is 1. The number of imide groups is 1. The van der Waals surface area contributed by atoms with Gasteiger partial charge in [0.2, 0.25) is 0 Å². The van der Waals surface area contributed by atoms with E-state index in [1.165, 1.54) is 6.21 Å². The zero-order valence-electron chi connectivity index (χ0n) is 13.7. The maximum Gasteiger partial charge on any atom is 0.346 e. The summed E-state index contributed by atoms with van der Waals surface area (Å²) >= 11 is 0. The van der Waals surface area contributed by atoms with Crippen molar-refractivity contribution < 1.29 is 14.7 Å². The Hall–Kier alpha value is -2.89. The van der Waals surface area contributed by atoms with Crippen molar-refractivity contribution in [2.24, 2.45) is 5.10 Å². The van der Waals surface area contributed by atoms with E-state index in [2.05, 4.69) is 10.4 Å². The van der Waals surface area contributed by atoms with Crippen molar-refractivity contribution in [3.05, 3.63) is 42.0 Å². The zero-order valence-corrected chi connectivity index (χ0v) is 13.7. The smallest absolute Gasteiger partial charge is 0.346 e. The molecule has 6 nitrogen and oxygen atoms in total. The van der Waals surface area contributed by atoms with Gasteiger partial charge in [0.15, 0.2) is 0 Å². The molecule has 4 rings (SSSR count). The zero-order chi connectivity index (χ0) is 17.4. The quantitative estimate of drug-likeness (QED) is 0.652. The number of phenolic OH excluding ortho intramolecular Hbond substituents is 1. The van der Waals surface area contributed by atoms with Crippen molar-refractivity contribution in [1.29, 1.82) is 0 Å². The molecule has 6 heteroatoms. The van der Waals surface area contributed by atoms with E-state index in [1.54, 1.807) is 6.07 Å². The maximum atomic E-state index is 12.7. The van der Waals surface area contributed by atoms with Gasteiger partial charge >= 0.3 is 6.03 Å². The van der Waals surface area contributed by atoms with Crippen LogP contribution in [0.5, 0.6) is 5.75 Å². The standard InChI is InChI=1S/C19H19N3O3/c23-16-9-8-13-6-2-3-7-14(13)15(16)12-20-22-17(24)19(21-18(22)25)10-4-1-5-11-19/h2-3,6-9,12,23H,1,4-5,10-11H2,(H,21,25). The molecule has 128 valence electrons. The number of hydrogen-bond donors (Lipinski definition) is 2. The van der Waals surface area contributed by atoms with Gasteiger partial charge in [-0.15, -0.1) is 5.01 Å². The highest BCUT2D eigenvalue weighted by Crippen LogP contribution is 2.34. The summed E-state index contributed by atoms with van der Waals surface area (Å²) < 4.78 is 0. The topological polar surface area (TPSA) is 82.0 Å². The molecular formula is C19H19N3O3. The van der Waals surface area contributed by atoms with Crippen LogP contribution in [0.25, 0.3) is 10.8 Å². The minimum atomic E-state index is -0.798. The Morgan fingerprint density at radius 3 is 2.64 bits per heavy atom. The Morgan fingerprint density at radius 2 is 1.84 bits per heavy atom. The first-order valence-electron chi connectivity index (χ1n) is 8.52. The molecule has 1 aliphatic carbocycles. The average Bonchev–Trinajstić information content (AvgIpc) is 2.85. The summed E-state index contributed by atoms with van der Waals surface area (Å²) in [6.45, 7) is 0. The van der Waals surface area contributed by atoms with Gasteiger partial charge in [-0.05, 0) is 29.7 Å². The summed E-state index contributed by atoms with van der Waals surface area (Å²) in [6, 6.07) is 10.5. The minimum Gasteiger partial charge on any atom is -0.507 e. The molecule has 2 aromatic carbocycles. The lowest BCUT2D eigenvalue weighted by Gasteiger charge is -2.29. The van der Waals surface area contributed by atoms with Gasteiger partial charge in [-0.25, -0.2) is 4.79 Å². The van der Waals surface area contributed by atoms with E-state index >= 15 is 0 Å². The van der Waals surface area contributed by atoms with Crippen LogP contribution in [0.15, 0.2) is 41.5 Å². The van der Waals surface area contributed by atoms with Gasteiger partial charge in [0.1, 0.15) is 11.3 Å². The second kappa shape index (κ2) is 5.88. The number of urea groups is 1. The van der Waals surface area contributed by atoms with Crippen LogP contribution < -0.4 is 5.32 Å². The summed E-state index contributed by atoms with van der Waals surface area (Å²) in [5.74, 6) is -0.241. The summed E-state index contributed by atoms with van der Waals surface area (Å²) in [5, 5.41) is 19.7. The monoisotopic (exact) mass is 337 g/mol. The first-order valence-corrected chi connectivity index (χ1v) is 8.52. The normalized spacial score (nSPS) is 19.9. The largest absolute Gasteiger partial charge is 0.507 e. The third-order valence-electron chi connectivity index (χ3n) is 5.10. The number of carbonyl (C=O) groups is 2. The number of hydrazone groups is 1. The summed E-state index contributed by atoms with van der Waals surface area (Å²) in [6.07, 6.45) is 5.63. The van der Waals surface area contributed by atoms with Gasteiger partial charge in [-0.2, -0.15) is 5.10 Å². The molecule has 2 N–H and O–H groups in total. The van der Waals surface area contributed by atoms with Gasteiger partial charge < -0.3 is 10.4 Å². The molecule has 1 saturated heterocycles. The van der Waals surface area contributed by atoms with Gasteiger partial charge in [0, 0.05) is 5.56 Å². The maximum absolute atomic E-state index is 12.7. The average molecular weight is 337 g/mol. The molecule has 2 aromatic rings. The number of hydrogen-bond acceptors (Lipinski definition) is 4. The lowest BCUT2D eigenvalue weighted by atomic mass is 9.82. The highest BCUT2D eigenvalue weighted by atomic mass is 16.3. The summed E-state index contributed by atoms with van der Waals surface area (Å²) in [4.78, 5) is 25.0. The lowest BCUT2D eigenvalue weighted by Crippen LogP contribution is -2.48. The third-order valence-corrected chi connectivity index (χ3v) is 5.10. The van der Waals surface area contributed by atoms with Crippen molar-refractivity contribution in [2.75, 3.05) is 0 Å². The fourth-order valence-corrected chi connectivity index (χ4v) is 3.74. The number of phenols is 1. The fraction of sp³-hybridized carbons (Fsp3) is 0.316. The second-order valence-electron chi connectivity index (χ2n) is 6.65. The molecular weight excluding hydrogens is 318 g/mol. The van der Waals surface area contributed by atoms with E-state index in [-0.39, 0.29) is 11.7 Å². The van der Waals surface area contributed by atoms with Gasteiger partial charge in [0.05, 0.1) is 6.21 Å². The van der Waals surface area contributed by atoms with Crippen molar-refractivity contribution >= 4 is 28.9 Å². The molecule has 1 spiro atoms. The molecule has 3 amide bonds. The van der Waals surface area contributed by atoms with Crippen molar-refractivity contribution in [2.45, 2.75) is 37.6 Å². The molecule has 1 aliphatic heterocycles. The van der Waals surface area contributed by atoms with E-state index in [1.807, 2.05) is 30.3 Å². The van der Waals surface area contributed by atoms with E-state index in [9.17, 15) is 14.7 Å². The van der Waals surface area contributed by atoms with Crippen LogP contribution in [0.1, 0.15) is 37.7 Å². The van der Waals surface area contributed by atoms with Gasteiger partial charge in [-0.1, -0.05) is 49.6 Å². The van der Waals surface area contributed by atoms with E-state index < -0.39 is 11.6 Å². The molecule has 0 unspecified atom stereocenters. The van der Waals surface area contributed by atoms with Crippen LogP contribution >= 0.6 is 0 Å². The molecule has 25 heavy (non-hydrogen) atoms. The first-order chi connectivity index (χ1) is 12.1. The molecule has 0 aromatic heterocycles. The van der Waals surface area contributed by atoms with Crippen LogP contribution in [0, 0.1) is 0 Å². The Kier molecular flexibility index (Phi) is 3.67. The number of carbonyl (C=O) groups excluding carboxylic acids is 2. The molecule has 0 atom stereocenters. The fourth-order valence-electron chi connectivity index (χ4n) is 3.74. The minimum absolute atomic E-state index is 0.0573. The number of benzene rings is 2. The Morgan fingerprint density at radius 1 is 1.08 bits per heavy atom. The number of amides is 3. The van der Waals surface area contributed by atoms with Crippen LogP contribution in [0.3, 0.4) is 0 Å². The van der Waals surface area contributed by atoms with Crippen molar-refractivity contribution in [3.8, 4) is 5.75 Å². The Labute approximate surface area is 145 Å². The SMILES string of the molecule is O=C1NC2(CCCCC2)C(=O)N1N=Cc1c(O)ccc2ccccc12. The molecule has 1 heterocycles. The molecule has 2 aliphatic rings. The van der Waals surface area contributed by atoms with E-state index in [0.717, 1.165) is 35.0 Å². The molecule has 0 bridgehead atoms. The van der Waals surface area contributed by atoms with Gasteiger partial charge in [-0.3, -0.25) is 4.79 Å². The highest BCUT2D eigenvalue weighted by Gasteiger charge is 2.51. The molecule has 1 saturated carbocycles. The van der Waals surface area contributed by atoms with Crippen molar-refractivity contribution in [3.63, 3.8) is 0 Å². The van der Waals surface area contributed by atoms with Crippen LogP contribution in [-0.4, -0.2) is 33.8 Å². The Balaban J connectivity index is 1.67. The molecule has 0 radical (unpaired) electrons. The number of nitrogens with one attached hydrogen (secondary N) is 1. The first kappa shape index (κ1) is 15.6. The third kappa shape index (κ3) is 2.54. The van der Waals surface area contributed by atoms with E-state index in [0.29, 0.717) is 18.4 Å². The summed E-state index contributed by atoms with van der Waals surface area (Å²) in [7, 11) is 0. The van der Waals surface area contributed by atoms with E-state index in [4.69, 9.17) is 0 Å². The summed E-state index contributed by atoms with van der Waals surface area (Å²) in [5.41, 5.74) is -0.309. The lowest BCUT2D eigenvalue weighted by molar-refractivity contribution is -0.132. The van der Waals surface area contributed by atoms with Crippen molar-refractivity contribution in [1.82, 2.24) is 10.3 Å². The number of aromatic hydroxyl groups is 1. The Bertz CT molecular complexity index is 885. The van der Waals surface area contributed by atoms with Crippen LogP contribution in [0.2, 0.25) is 0 Å².